The van der Waals surface area contributed by atoms with E-state index in [1.54, 1.807) is 6.07 Å². The van der Waals surface area contributed by atoms with Gasteiger partial charge in [-0.15, -0.1) is 0 Å². The highest BCUT2D eigenvalue weighted by Gasteiger charge is 2.38. The summed E-state index contributed by atoms with van der Waals surface area (Å²) in [5.41, 5.74) is 5.88. The summed E-state index contributed by atoms with van der Waals surface area (Å²) in [7, 11) is 0. The van der Waals surface area contributed by atoms with E-state index in [0.29, 0.717) is 17.8 Å². The summed E-state index contributed by atoms with van der Waals surface area (Å²) in [5.74, 6) is -2.01. The summed E-state index contributed by atoms with van der Waals surface area (Å²) in [4.78, 5) is 30.3. The van der Waals surface area contributed by atoms with Crippen molar-refractivity contribution < 1.29 is 32.3 Å². The number of carboxylic acids is 1. The fourth-order valence-electron chi connectivity index (χ4n) is 4.35. The SMILES string of the molecule is O=C(O)C(F)(F)F.O=C1CCCN1CCCNCc1ccc(-c2cccc(-c3nc4ccc(F)cc4[nH]3)c2)cc1. The maximum atomic E-state index is 13.5. The molecular formula is C29H28F4N4O3. The third kappa shape index (κ3) is 7.66. The number of aromatic amines is 1. The predicted molar refractivity (Wildman–Crippen MR) is 143 cm³/mol. The smallest absolute Gasteiger partial charge is 0.475 e. The fourth-order valence-corrected chi connectivity index (χ4v) is 4.35. The van der Waals surface area contributed by atoms with Gasteiger partial charge in [-0.25, -0.2) is 14.2 Å². The molecule has 7 nitrogen and oxygen atoms in total. The monoisotopic (exact) mass is 556 g/mol. The van der Waals surface area contributed by atoms with E-state index in [9.17, 15) is 22.4 Å². The topological polar surface area (TPSA) is 98.3 Å². The minimum atomic E-state index is -5.08. The van der Waals surface area contributed by atoms with Gasteiger partial charge in [0.25, 0.3) is 0 Å². The highest BCUT2D eigenvalue weighted by molar-refractivity contribution is 5.80. The number of hydrogen-bond acceptors (Lipinski definition) is 4. The van der Waals surface area contributed by atoms with E-state index in [-0.39, 0.29) is 5.82 Å². The zero-order chi connectivity index (χ0) is 28.7. The number of fused-ring (bicyclic) bond motifs is 1. The number of rotatable bonds is 8. The van der Waals surface area contributed by atoms with E-state index in [1.165, 1.54) is 17.7 Å². The molecule has 1 aliphatic rings. The van der Waals surface area contributed by atoms with Crippen molar-refractivity contribution in [2.45, 2.75) is 32.0 Å². The second-order valence-electron chi connectivity index (χ2n) is 9.34. The summed E-state index contributed by atoms with van der Waals surface area (Å²) >= 11 is 0. The summed E-state index contributed by atoms with van der Waals surface area (Å²) < 4.78 is 45.2. The molecule has 210 valence electrons. The van der Waals surface area contributed by atoms with E-state index in [4.69, 9.17) is 9.90 Å². The van der Waals surface area contributed by atoms with Crippen molar-refractivity contribution in [3.8, 4) is 22.5 Å². The van der Waals surface area contributed by atoms with Crippen LogP contribution in [0.3, 0.4) is 0 Å². The first-order valence-corrected chi connectivity index (χ1v) is 12.7. The number of benzene rings is 3. The number of amides is 1. The van der Waals surface area contributed by atoms with Gasteiger partial charge in [0.2, 0.25) is 5.91 Å². The van der Waals surface area contributed by atoms with Crippen LogP contribution in [-0.4, -0.2) is 57.7 Å². The number of carbonyl (C=O) groups is 2. The highest BCUT2D eigenvalue weighted by atomic mass is 19.4. The van der Waals surface area contributed by atoms with Crippen molar-refractivity contribution in [2.75, 3.05) is 19.6 Å². The molecule has 1 aliphatic heterocycles. The lowest BCUT2D eigenvalue weighted by molar-refractivity contribution is -0.192. The van der Waals surface area contributed by atoms with Gasteiger partial charge in [-0.05, 0) is 60.3 Å². The zero-order valence-electron chi connectivity index (χ0n) is 21.5. The van der Waals surface area contributed by atoms with Gasteiger partial charge in [-0.2, -0.15) is 13.2 Å². The molecule has 2 heterocycles. The minimum Gasteiger partial charge on any atom is -0.475 e. The number of carbonyl (C=O) groups excluding carboxylic acids is 1. The van der Waals surface area contributed by atoms with E-state index >= 15 is 0 Å². The Balaban J connectivity index is 0.000000470. The van der Waals surface area contributed by atoms with Crippen LogP contribution < -0.4 is 5.32 Å². The molecule has 4 aromatic rings. The predicted octanol–water partition coefficient (Wildman–Crippen LogP) is 5.77. The molecule has 1 fully saturated rings. The van der Waals surface area contributed by atoms with Crippen molar-refractivity contribution >= 4 is 22.9 Å². The third-order valence-corrected chi connectivity index (χ3v) is 6.39. The van der Waals surface area contributed by atoms with E-state index in [1.807, 2.05) is 17.0 Å². The van der Waals surface area contributed by atoms with Crippen molar-refractivity contribution in [3.63, 3.8) is 0 Å². The first-order chi connectivity index (χ1) is 19.1. The molecule has 11 heteroatoms. The van der Waals surface area contributed by atoms with E-state index < -0.39 is 12.1 Å². The summed E-state index contributed by atoms with van der Waals surface area (Å²) in [6.45, 7) is 3.47. The van der Waals surface area contributed by atoms with Gasteiger partial charge in [-0.1, -0.05) is 42.5 Å². The van der Waals surface area contributed by atoms with Gasteiger partial charge in [0.05, 0.1) is 11.0 Å². The molecule has 0 spiro atoms. The molecule has 0 bridgehead atoms. The molecule has 0 unspecified atom stereocenters. The Morgan fingerprint density at radius 1 is 1.02 bits per heavy atom. The minimum absolute atomic E-state index is 0.275. The number of H-pyrrole nitrogens is 1. The van der Waals surface area contributed by atoms with Crippen LogP contribution in [0.5, 0.6) is 0 Å². The van der Waals surface area contributed by atoms with Gasteiger partial charge in [0.1, 0.15) is 11.6 Å². The number of carboxylic acid groups (broad SMARTS) is 1. The number of imidazole rings is 1. The van der Waals surface area contributed by atoms with Crippen LogP contribution in [0.2, 0.25) is 0 Å². The number of alkyl halides is 3. The van der Waals surface area contributed by atoms with Crippen LogP contribution >= 0.6 is 0 Å². The Morgan fingerprint density at radius 3 is 2.42 bits per heavy atom. The van der Waals surface area contributed by atoms with Crippen molar-refractivity contribution in [2.24, 2.45) is 0 Å². The van der Waals surface area contributed by atoms with Crippen molar-refractivity contribution in [3.05, 3.63) is 78.1 Å². The summed E-state index contributed by atoms with van der Waals surface area (Å²) in [6, 6.07) is 21.3. The molecule has 40 heavy (non-hydrogen) atoms. The van der Waals surface area contributed by atoms with Crippen molar-refractivity contribution in [1.29, 1.82) is 0 Å². The number of likely N-dealkylation sites (tertiary alicyclic amines) is 1. The number of aliphatic carboxylic acids is 1. The van der Waals surface area contributed by atoms with Crippen molar-refractivity contribution in [1.82, 2.24) is 20.2 Å². The second kappa shape index (κ2) is 12.7. The fraction of sp³-hybridized carbons (Fsp3) is 0.276. The Bertz CT molecular complexity index is 1470. The van der Waals surface area contributed by atoms with E-state index in [0.717, 1.165) is 67.1 Å². The van der Waals surface area contributed by atoms with Gasteiger partial charge in [0.15, 0.2) is 0 Å². The highest BCUT2D eigenvalue weighted by Crippen LogP contribution is 2.27. The first kappa shape index (κ1) is 28.8. The number of nitrogens with one attached hydrogen (secondary N) is 2. The van der Waals surface area contributed by atoms with Crippen LogP contribution in [0.25, 0.3) is 33.5 Å². The summed E-state index contributed by atoms with van der Waals surface area (Å²) in [5, 5.41) is 10.6. The quantitative estimate of drug-likeness (QED) is 0.189. The molecular weight excluding hydrogens is 528 g/mol. The molecule has 1 saturated heterocycles. The molecule has 0 saturated carbocycles. The van der Waals surface area contributed by atoms with E-state index in [2.05, 4.69) is 51.7 Å². The molecule has 1 aromatic heterocycles. The zero-order valence-corrected chi connectivity index (χ0v) is 21.5. The summed E-state index contributed by atoms with van der Waals surface area (Å²) in [6.07, 6.45) is -2.40. The molecule has 5 rings (SSSR count). The third-order valence-electron chi connectivity index (χ3n) is 6.39. The number of aromatic nitrogens is 2. The molecule has 0 radical (unpaired) electrons. The van der Waals surface area contributed by atoms with Crippen LogP contribution in [-0.2, 0) is 16.1 Å². The first-order valence-electron chi connectivity index (χ1n) is 12.7. The molecule has 0 aliphatic carbocycles. The van der Waals surface area contributed by atoms with Gasteiger partial charge in [-0.3, -0.25) is 4.79 Å². The lowest BCUT2D eigenvalue weighted by atomic mass is 10.0. The van der Waals surface area contributed by atoms with Gasteiger partial charge < -0.3 is 20.3 Å². The largest absolute Gasteiger partial charge is 0.490 e. The maximum absolute atomic E-state index is 13.5. The molecule has 1 amide bonds. The van der Waals surface area contributed by atoms with Crippen LogP contribution in [0.15, 0.2) is 66.7 Å². The van der Waals surface area contributed by atoms with Crippen LogP contribution in [0.4, 0.5) is 17.6 Å². The lowest BCUT2D eigenvalue weighted by Crippen LogP contribution is -2.28. The number of hydrogen-bond donors (Lipinski definition) is 3. The van der Waals surface area contributed by atoms with Crippen LogP contribution in [0, 0.1) is 5.82 Å². The number of halogens is 4. The van der Waals surface area contributed by atoms with Gasteiger partial charge >= 0.3 is 12.1 Å². The van der Waals surface area contributed by atoms with Gasteiger partial charge in [0, 0.05) is 31.6 Å². The Hall–Kier alpha value is -4.25. The Kier molecular flexibility index (Phi) is 9.15. The number of nitrogens with zero attached hydrogens (tertiary/aromatic N) is 2. The maximum Gasteiger partial charge on any atom is 0.490 e. The lowest BCUT2D eigenvalue weighted by Gasteiger charge is -2.15. The average molecular weight is 557 g/mol. The normalized spacial score (nSPS) is 13.4. The molecule has 3 aromatic carbocycles. The Morgan fingerprint density at radius 2 is 1.75 bits per heavy atom. The Labute approximate surface area is 227 Å². The van der Waals surface area contributed by atoms with Crippen LogP contribution in [0.1, 0.15) is 24.8 Å². The second-order valence-corrected chi connectivity index (χ2v) is 9.34. The molecule has 0 atom stereocenters. The average Bonchev–Trinajstić information content (AvgIpc) is 3.54. The standard InChI is InChI=1S/C27H27FN4O.C2HF3O2/c28-23-11-12-24-25(17-23)31-27(30-24)22-5-1-4-21(16-22)20-9-7-19(8-10-20)18-29-13-3-15-32-14-2-6-26(32)33;3-2(4,5)1(6)7/h1,4-5,7-12,16-17,29H,2-3,6,13-15,18H2,(H,30,31);(H,6,7). The molecule has 3 N–H and O–H groups in total.